The van der Waals surface area contributed by atoms with Crippen LogP contribution in [0.3, 0.4) is 0 Å². The van der Waals surface area contributed by atoms with Crippen molar-refractivity contribution >= 4 is 40.9 Å². The van der Waals surface area contributed by atoms with Crippen molar-refractivity contribution in [2.24, 2.45) is 0 Å². The van der Waals surface area contributed by atoms with E-state index in [-0.39, 0.29) is 24.3 Å². The van der Waals surface area contributed by atoms with Crippen molar-refractivity contribution in [1.29, 1.82) is 0 Å². The van der Waals surface area contributed by atoms with Gasteiger partial charge in [0.15, 0.2) is 0 Å². The van der Waals surface area contributed by atoms with E-state index in [0.717, 1.165) is 10.6 Å². The third kappa shape index (κ3) is 3.88. The summed E-state index contributed by atoms with van der Waals surface area (Å²) in [6, 6.07) is 10.7. The van der Waals surface area contributed by atoms with Crippen molar-refractivity contribution in [3.05, 3.63) is 53.3 Å². The van der Waals surface area contributed by atoms with E-state index >= 15 is 0 Å². The van der Waals surface area contributed by atoms with Crippen molar-refractivity contribution in [2.45, 2.75) is 29.5 Å². The van der Waals surface area contributed by atoms with Gasteiger partial charge >= 0.3 is 0 Å². The van der Waals surface area contributed by atoms with Crippen molar-refractivity contribution < 1.29 is 9.59 Å². The SMILES string of the molecule is CC(NC(=O)CC1Sc2ccc(Cl)cc2NC1=O)c1ccccn1. The van der Waals surface area contributed by atoms with E-state index < -0.39 is 5.25 Å². The Morgan fingerprint density at radius 2 is 2.25 bits per heavy atom. The van der Waals surface area contributed by atoms with Gasteiger partial charge in [-0.05, 0) is 37.3 Å². The number of amides is 2. The van der Waals surface area contributed by atoms with Gasteiger partial charge < -0.3 is 10.6 Å². The maximum atomic E-state index is 12.3. The molecule has 3 rings (SSSR count). The number of thioether (sulfide) groups is 1. The summed E-state index contributed by atoms with van der Waals surface area (Å²) in [6.07, 6.45) is 1.79. The summed E-state index contributed by atoms with van der Waals surface area (Å²) in [5, 5.41) is 5.79. The molecule has 2 amide bonds. The number of nitrogens with zero attached hydrogens (tertiary/aromatic N) is 1. The highest BCUT2D eigenvalue weighted by atomic mass is 35.5. The van der Waals surface area contributed by atoms with Crippen LogP contribution >= 0.6 is 23.4 Å². The molecule has 0 spiro atoms. The Balaban J connectivity index is 1.62. The number of hydrogen-bond acceptors (Lipinski definition) is 4. The van der Waals surface area contributed by atoms with Crippen LogP contribution in [0.1, 0.15) is 25.1 Å². The third-order valence-corrected chi connectivity index (χ3v) is 5.15. The summed E-state index contributed by atoms with van der Waals surface area (Å²) < 4.78 is 0. The fraction of sp³-hybridized carbons (Fsp3) is 0.235. The molecule has 0 saturated carbocycles. The van der Waals surface area contributed by atoms with Crippen LogP contribution in [0.15, 0.2) is 47.5 Å². The largest absolute Gasteiger partial charge is 0.348 e. The average Bonchev–Trinajstić information content (AvgIpc) is 2.56. The molecular weight excluding hydrogens is 346 g/mol. The van der Waals surface area contributed by atoms with Gasteiger partial charge in [0.25, 0.3) is 0 Å². The summed E-state index contributed by atoms with van der Waals surface area (Å²) in [5.74, 6) is -0.367. The van der Waals surface area contributed by atoms with E-state index in [9.17, 15) is 9.59 Å². The Labute approximate surface area is 149 Å². The predicted octanol–water partition coefficient (Wildman–Crippen LogP) is 3.42. The fourth-order valence-electron chi connectivity index (χ4n) is 2.43. The first-order valence-corrected chi connectivity index (χ1v) is 8.76. The third-order valence-electron chi connectivity index (χ3n) is 3.64. The van der Waals surface area contributed by atoms with Gasteiger partial charge in [0.2, 0.25) is 11.8 Å². The average molecular weight is 362 g/mol. The maximum absolute atomic E-state index is 12.3. The quantitative estimate of drug-likeness (QED) is 0.875. The van der Waals surface area contributed by atoms with Crippen LogP contribution in [-0.4, -0.2) is 22.0 Å². The zero-order chi connectivity index (χ0) is 17.1. The summed E-state index contributed by atoms with van der Waals surface area (Å²) in [5.41, 5.74) is 1.47. The number of fused-ring (bicyclic) bond motifs is 1. The molecule has 1 aromatic carbocycles. The van der Waals surface area contributed by atoms with Gasteiger partial charge in [0.1, 0.15) is 0 Å². The van der Waals surface area contributed by atoms with E-state index in [1.54, 1.807) is 18.3 Å². The van der Waals surface area contributed by atoms with Crippen LogP contribution in [0.4, 0.5) is 5.69 Å². The lowest BCUT2D eigenvalue weighted by atomic mass is 10.2. The van der Waals surface area contributed by atoms with Gasteiger partial charge in [0.05, 0.1) is 22.7 Å². The number of benzene rings is 1. The number of pyridine rings is 1. The Kier molecular flexibility index (Phi) is 5.06. The van der Waals surface area contributed by atoms with E-state index in [1.165, 1.54) is 11.8 Å². The minimum Gasteiger partial charge on any atom is -0.348 e. The number of hydrogen-bond donors (Lipinski definition) is 2. The molecule has 2 N–H and O–H groups in total. The van der Waals surface area contributed by atoms with Crippen LogP contribution < -0.4 is 10.6 Å². The highest BCUT2D eigenvalue weighted by Crippen LogP contribution is 2.38. The molecule has 0 aliphatic carbocycles. The number of anilines is 1. The first kappa shape index (κ1) is 16.8. The summed E-state index contributed by atoms with van der Waals surface area (Å²) in [4.78, 5) is 29.6. The summed E-state index contributed by atoms with van der Waals surface area (Å²) in [6.45, 7) is 1.87. The maximum Gasteiger partial charge on any atom is 0.238 e. The van der Waals surface area contributed by atoms with Gasteiger partial charge in [-0.15, -0.1) is 11.8 Å². The predicted molar refractivity (Wildman–Crippen MR) is 95.1 cm³/mol. The molecule has 7 heteroatoms. The minimum absolute atomic E-state index is 0.107. The molecule has 0 bridgehead atoms. The van der Waals surface area contributed by atoms with Gasteiger partial charge in [-0.2, -0.15) is 0 Å². The number of aromatic nitrogens is 1. The van der Waals surface area contributed by atoms with Crippen molar-refractivity contribution in [1.82, 2.24) is 10.3 Å². The number of nitrogens with one attached hydrogen (secondary N) is 2. The molecule has 0 radical (unpaired) electrons. The van der Waals surface area contributed by atoms with Crippen LogP contribution in [0.2, 0.25) is 5.02 Å². The normalized spacial score (nSPS) is 17.6. The smallest absolute Gasteiger partial charge is 0.238 e. The molecule has 1 aliphatic heterocycles. The van der Waals surface area contributed by atoms with Crippen molar-refractivity contribution in [2.75, 3.05) is 5.32 Å². The highest BCUT2D eigenvalue weighted by Gasteiger charge is 2.29. The molecule has 24 heavy (non-hydrogen) atoms. The second kappa shape index (κ2) is 7.23. The van der Waals surface area contributed by atoms with E-state index in [2.05, 4.69) is 15.6 Å². The number of rotatable bonds is 4. The first-order valence-electron chi connectivity index (χ1n) is 7.50. The number of carbonyl (C=O) groups is 2. The molecule has 124 valence electrons. The monoisotopic (exact) mass is 361 g/mol. The van der Waals surface area contributed by atoms with E-state index in [0.29, 0.717) is 10.7 Å². The van der Waals surface area contributed by atoms with Crippen LogP contribution in [0, 0.1) is 0 Å². The molecule has 0 fully saturated rings. The molecule has 2 unspecified atom stereocenters. The molecule has 2 aromatic rings. The number of halogens is 1. The van der Waals surface area contributed by atoms with Crippen molar-refractivity contribution in [3.63, 3.8) is 0 Å². The molecule has 2 heterocycles. The lowest BCUT2D eigenvalue weighted by molar-refractivity contribution is -0.124. The Morgan fingerprint density at radius 1 is 1.42 bits per heavy atom. The molecule has 5 nitrogen and oxygen atoms in total. The molecule has 2 atom stereocenters. The fourth-order valence-corrected chi connectivity index (χ4v) is 3.69. The van der Waals surface area contributed by atoms with Crippen molar-refractivity contribution in [3.8, 4) is 0 Å². The van der Waals surface area contributed by atoms with Gasteiger partial charge in [-0.1, -0.05) is 17.7 Å². The zero-order valence-corrected chi connectivity index (χ0v) is 14.5. The Hall–Kier alpha value is -2.05. The second-order valence-electron chi connectivity index (χ2n) is 5.48. The molecule has 0 saturated heterocycles. The molecule has 1 aromatic heterocycles. The Morgan fingerprint density at radius 3 is 3.00 bits per heavy atom. The van der Waals surface area contributed by atoms with Gasteiger partial charge in [-0.3, -0.25) is 14.6 Å². The van der Waals surface area contributed by atoms with Crippen LogP contribution in [-0.2, 0) is 9.59 Å². The summed E-state index contributed by atoms with van der Waals surface area (Å²) >= 11 is 7.31. The van der Waals surface area contributed by atoms with Gasteiger partial charge in [0, 0.05) is 22.5 Å². The molecule has 1 aliphatic rings. The lowest BCUT2D eigenvalue weighted by Gasteiger charge is -2.24. The molecular formula is C17H16ClN3O2S. The standard InChI is InChI=1S/C17H16ClN3O2S/c1-10(12-4-2-3-7-19-12)20-16(22)9-15-17(23)21-13-8-11(18)5-6-14(13)24-15/h2-8,10,15H,9H2,1H3,(H,20,22)(H,21,23). The highest BCUT2D eigenvalue weighted by molar-refractivity contribution is 8.01. The first-order chi connectivity index (χ1) is 11.5. The minimum atomic E-state index is -0.463. The van der Waals surface area contributed by atoms with Gasteiger partial charge in [-0.25, -0.2) is 0 Å². The van der Waals surface area contributed by atoms with Crippen LogP contribution in [0.5, 0.6) is 0 Å². The Bertz CT molecular complexity index is 770. The summed E-state index contributed by atoms with van der Waals surface area (Å²) in [7, 11) is 0. The van der Waals surface area contributed by atoms with Crippen LogP contribution in [0.25, 0.3) is 0 Å². The number of carbonyl (C=O) groups excluding carboxylic acids is 2. The zero-order valence-electron chi connectivity index (χ0n) is 13.0. The van der Waals surface area contributed by atoms with E-state index in [4.69, 9.17) is 11.6 Å². The lowest BCUT2D eigenvalue weighted by Crippen LogP contribution is -2.35. The second-order valence-corrected chi connectivity index (χ2v) is 7.17. The topological polar surface area (TPSA) is 71.1 Å². The van der Waals surface area contributed by atoms with E-state index in [1.807, 2.05) is 31.2 Å².